The van der Waals surface area contributed by atoms with Crippen molar-refractivity contribution in [2.24, 2.45) is 0 Å². The standard InChI is InChI=1S/C17H10F6O2.C2H6/c18-16(19,20)12-6-4-11(5-7-12)14(15(24)25)9-10-2-1-3-13(8-10)17(21,22)23;1-2/h1-9H,(H,24,25);1-2H3/b14-9-;. The quantitative estimate of drug-likeness (QED) is 0.375. The van der Waals surface area contributed by atoms with Crippen LogP contribution in [0.25, 0.3) is 11.6 Å². The molecule has 0 fully saturated rings. The third-order valence-corrected chi connectivity index (χ3v) is 3.28. The van der Waals surface area contributed by atoms with Crippen LogP contribution in [-0.4, -0.2) is 11.1 Å². The molecule has 0 radical (unpaired) electrons. The first kappa shape index (κ1) is 22.3. The van der Waals surface area contributed by atoms with E-state index in [9.17, 15) is 36.2 Å². The van der Waals surface area contributed by atoms with Crippen molar-refractivity contribution in [2.75, 3.05) is 0 Å². The highest BCUT2D eigenvalue weighted by molar-refractivity contribution is 6.20. The lowest BCUT2D eigenvalue weighted by molar-refractivity contribution is -0.138. The smallest absolute Gasteiger partial charge is 0.416 e. The van der Waals surface area contributed by atoms with Gasteiger partial charge in [-0.25, -0.2) is 4.79 Å². The summed E-state index contributed by atoms with van der Waals surface area (Å²) in [5.74, 6) is -1.47. The van der Waals surface area contributed by atoms with Gasteiger partial charge in [-0.05, 0) is 41.5 Å². The van der Waals surface area contributed by atoms with E-state index in [4.69, 9.17) is 0 Å². The number of carboxylic acid groups (broad SMARTS) is 1. The van der Waals surface area contributed by atoms with Gasteiger partial charge in [-0.2, -0.15) is 26.3 Å². The van der Waals surface area contributed by atoms with E-state index in [0.29, 0.717) is 12.1 Å². The molecule has 0 aliphatic heterocycles. The average molecular weight is 390 g/mol. The number of aliphatic carboxylic acids is 1. The molecule has 2 aromatic carbocycles. The lowest BCUT2D eigenvalue weighted by atomic mass is 10.0. The minimum atomic E-state index is -4.60. The van der Waals surface area contributed by atoms with Crippen molar-refractivity contribution in [2.45, 2.75) is 26.2 Å². The van der Waals surface area contributed by atoms with Gasteiger partial charge in [0, 0.05) is 0 Å². The lowest BCUT2D eigenvalue weighted by Gasteiger charge is -2.09. The van der Waals surface area contributed by atoms with Crippen LogP contribution in [-0.2, 0) is 17.1 Å². The molecule has 0 aromatic heterocycles. The molecule has 27 heavy (non-hydrogen) atoms. The van der Waals surface area contributed by atoms with Crippen LogP contribution in [0.3, 0.4) is 0 Å². The van der Waals surface area contributed by atoms with Crippen LogP contribution in [0.4, 0.5) is 26.3 Å². The number of carboxylic acids is 1. The molecule has 1 N–H and O–H groups in total. The van der Waals surface area contributed by atoms with E-state index in [2.05, 4.69) is 0 Å². The minimum absolute atomic E-state index is 0.0351. The summed E-state index contributed by atoms with van der Waals surface area (Å²) in [6.45, 7) is 4.00. The van der Waals surface area contributed by atoms with Crippen molar-refractivity contribution in [1.29, 1.82) is 0 Å². The van der Waals surface area contributed by atoms with Crippen molar-refractivity contribution >= 4 is 17.6 Å². The fourth-order valence-electron chi connectivity index (χ4n) is 2.08. The van der Waals surface area contributed by atoms with E-state index in [1.807, 2.05) is 13.8 Å². The molecule has 0 saturated carbocycles. The molecule has 0 unspecified atom stereocenters. The number of hydrogen-bond acceptors (Lipinski definition) is 1. The summed E-state index contributed by atoms with van der Waals surface area (Å²) in [5.41, 5.74) is -2.43. The Labute approximate surface area is 151 Å². The summed E-state index contributed by atoms with van der Waals surface area (Å²) in [6.07, 6.45) is -8.20. The van der Waals surface area contributed by atoms with E-state index in [1.54, 1.807) is 0 Å². The summed E-state index contributed by atoms with van der Waals surface area (Å²) in [7, 11) is 0. The summed E-state index contributed by atoms with van der Waals surface area (Å²) >= 11 is 0. The maximum absolute atomic E-state index is 12.7. The number of hydrogen-bond donors (Lipinski definition) is 1. The van der Waals surface area contributed by atoms with E-state index in [-0.39, 0.29) is 11.1 Å². The second-order valence-electron chi connectivity index (χ2n) is 5.06. The van der Waals surface area contributed by atoms with Crippen LogP contribution in [0.5, 0.6) is 0 Å². The summed E-state index contributed by atoms with van der Waals surface area (Å²) in [5, 5.41) is 9.23. The van der Waals surface area contributed by atoms with Gasteiger partial charge < -0.3 is 5.11 Å². The second-order valence-corrected chi connectivity index (χ2v) is 5.06. The highest BCUT2D eigenvalue weighted by atomic mass is 19.4. The molecule has 0 heterocycles. The summed E-state index contributed by atoms with van der Waals surface area (Å²) < 4.78 is 75.7. The van der Waals surface area contributed by atoms with Crippen LogP contribution in [0.15, 0.2) is 48.5 Å². The first-order chi connectivity index (χ1) is 12.5. The van der Waals surface area contributed by atoms with Gasteiger partial charge in [0.15, 0.2) is 0 Å². The van der Waals surface area contributed by atoms with Crippen molar-refractivity contribution in [3.8, 4) is 0 Å². The third kappa shape index (κ3) is 6.16. The Bertz CT molecular complexity index is 802. The Balaban J connectivity index is 0.00000176. The fourth-order valence-corrected chi connectivity index (χ4v) is 2.08. The number of halogens is 6. The maximum Gasteiger partial charge on any atom is 0.416 e. The summed E-state index contributed by atoms with van der Waals surface area (Å²) in [4.78, 5) is 11.4. The predicted molar refractivity (Wildman–Crippen MR) is 89.7 cm³/mol. The van der Waals surface area contributed by atoms with E-state index in [1.165, 1.54) is 6.07 Å². The number of carbonyl (C=O) groups is 1. The predicted octanol–water partition coefficient (Wildman–Crippen LogP) is 6.38. The molecule has 0 saturated heterocycles. The van der Waals surface area contributed by atoms with Gasteiger partial charge >= 0.3 is 18.3 Å². The van der Waals surface area contributed by atoms with Crippen LogP contribution >= 0.6 is 0 Å². The van der Waals surface area contributed by atoms with Crippen LogP contribution in [0.1, 0.15) is 36.1 Å². The largest absolute Gasteiger partial charge is 0.478 e. The molecule has 2 rings (SSSR count). The zero-order chi connectivity index (χ0) is 20.8. The van der Waals surface area contributed by atoms with Crippen molar-refractivity contribution < 1.29 is 36.2 Å². The molecule has 0 spiro atoms. The molecule has 0 bridgehead atoms. The zero-order valence-corrected chi connectivity index (χ0v) is 14.3. The fraction of sp³-hybridized carbons (Fsp3) is 0.211. The van der Waals surface area contributed by atoms with Gasteiger partial charge in [-0.1, -0.05) is 38.1 Å². The highest BCUT2D eigenvalue weighted by Crippen LogP contribution is 2.32. The molecular weight excluding hydrogens is 374 g/mol. The van der Waals surface area contributed by atoms with Gasteiger partial charge in [0.25, 0.3) is 0 Å². The molecule has 2 aromatic rings. The highest BCUT2D eigenvalue weighted by Gasteiger charge is 2.31. The molecule has 8 heteroatoms. The first-order valence-electron chi connectivity index (χ1n) is 7.78. The summed E-state index contributed by atoms with van der Waals surface area (Å²) in [6, 6.07) is 7.29. The van der Waals surface area contributed by atoms with Crippen molar-refractivity contribution in [1.82, 2.24) is 0 Å². The average Bonchev–Trinajstić information content (AvgIpc) is 2.60. The molecular formula is C19H16F6O2. The monoisotopic (exact) mass is 390 g/mol. The van der Waals surface area contributed by atoms with E-state index >= 15 is 0 Å². The SMILES string of the molecule is CC.O=C(O)/C(=C\c1cccc(C(F)(F)F)c1)c1ccc(C(F)(F)F)cc1. The second kappa shape index (κ2) is 8.75. The molecule has 0 aliphatic carbocycles. The van der Waals surface area contributed by atoms with Crippen LogP contribution < -0.4 is 0 Å². The Kier molecular flexibility index (Phi) is 7.21. The lowest BCUT2D eigenvalue weighted by Crippen LogP contribution is -2.06. The van der Waals surface area contributed by atoms with Gasteiger partial charge in [0.2, 0.25) is 0 Å². The van der Waals surface area contributed by atoms with Crippen LogP contribution in [0.2, 0.25) is 0 Å². The van der Waals surface area contributed by atoms with Crippen LogP contribution in [0, 0.1) is 0 Å². The topological polar surface area (TPSA) is 37.3 Å². The Hall–Kier alpha value is -2.77. The number of alkyl halides is 6. The van der Waals surface area contributed by atoms with Gasteiger partial charge in [-0.15, -0.1) is 0 Å². The molecule has 146 valence electrons. The molecule has 0 aliphatic rings. The number of rotatable bonds is 3. The molecule has 2 nitrogen and oxygen atoms in total. The Morgan fingerprint density at radius 3 is 1.81 bits per heavy atom. The minimum Gasteiger partial charge on any atom is -0.478 e. The van der Waals surface area contributed by atoms with Crippen molar-refractivity contribution in [3.63, 3.8) is 0 Å². The van der Waals surface area contributed by atoms with Gasteiger partial charge in [0.1, 0.15) is 0 Å². The van der Waals surface area contributed by atoms with E-state index < -0.39 is 35.0 Å². The maximum atomic E-state index is 12.7. The zero-order valence-electron chi connectivity index (χ0n) is 14.3. The number of benzene rings is 2. The Morgan fingerprint density at radius 2 is 1.37 bits per heavy atom. The third-order valence-electron chi connectivity index (χ3n) is 3.28. The molecule has 0 amide bonds. The van der Waals surface area contributed by atoms with Gasteiger partial charge in [-0.3, -0.25) is 0 Å². The normalized spacial score (nSPS) is 12.2. The molecule has 0 atom stereocenters. The van der Waals surface area contributed by atoms with Gasteiger partial charge in [0.05, 0.1) is 16.7 Å². The van der Waals surface area contributed by atoms with E-state index in [0.717, 1.165) is 36.4 Å². The Morgan fingerprint density at radius 1 is 0.852 bits per heavy atom. The first-order valence-corrected chi connectivity index (χ1v) is 7.78. The van der Waals surface area contributed by atoms with Crippen molar-refractivity contribution in [3.05, 3.63) is 70.8 Å².